The Labute approximate surface area is 113 Å². The van der Waals surface area contributed by atoms with Gasteiger partial charge in [-0.2, -0.15) is 0 Å². The summed E-state index contributed by atoms with van der Waals surface area (Å²) < 4.78 is 15.1. The van der Waals surface area contributed by atoms with E-state index in [-0.39, 0.29) is 18.1 Å². The summed E-state index contributed by atoms with van der Waals surface area (Å²) in [6, 6.07) is 8.84. The van der Waals surface area contributed by atoms with Crippen LogP contribution in [0.3, 0.4) is 0 Å². The molecular formula is C13H11NO6. The third-order valence-corrected chi connectivity index (χ3v) is 2.46. The lowest BCUT2D eigenvalue weighted by Crippen LogP contribution is -1.99. The molecule has 0 aliphatic heterocycles. The molecule has 0 aliphatic rings. The fourth-order valence-electron chi connectivity index (χ4n) is 1.51. The molecule has 0 bridgehead atoms. The quantitative estimate of drug-likeness (QED) is 0.473. The van der Waals surface area contributed by atoms with E-state index in [2.05, 4.69) is 4.74 Å². The zero-order valence-electron chi connectivity index (χ0n) is 10.6. The van der Waals surface area contributed by atoms with Gasteiger partial charge in [0.25, 0.3) is 5.69 Å². The minimum atomic E-state index is -0.577. The Kier molecular flexibility index (Phi) is 3.99. The van der Waals surface area contributed by atoms with Crippen LogP contribution >= 0.6 is 0 Å². The molecule has 2 aromatic rings. The van der Waals surface area contributed by atoms with Gasteiger partial charge >= 0.3 is 5.97 Å². The van der Waals surface area contributed by atoms with Crippen molar-refractivity contribution < 1.29 is 23.6 Å². The van der Waals surface area contributed by atoms with E-state index < -0.39 is 10.9 Å². The Morgan fingerprint density at radius 2 is 2.15 bits per heavy atom. The number of furan rings is 1. The van der Waals surface area contributed by atoms with Gasteiger partial charge in [-0.1, -0.05) is 6.07 Å². The van der Waals surface area contributed by atoms with Crippen LogP contribution in [0.15, 0.2) is 40.8 Å². The molecule has 1 aromatic heterocycles. The van der Waals surface area contributed by atoms with Gasteiger partial charge in [0.2, 0.25) is 5.76 Å². The highest BCUT2D eigenvalue weighted by atomic mass is 16.6. The normalized spacial score (nSPS) is 10.1. The monoisotopic (exact) mass is 277 g/mol. The van der Waals surface area contributed by atoms with Gasteiger partial charge in [0.15, 0.2) is 0 Å². The maximum Gasteiger partial charge on any atom is 0.373 e. The second kappa shape index (κ2) is 5.87. The van der Waals surface area contributed by atoms with Crippen LogP contribution in [0.2, 0.25) is 0 Å². The van der Waals surface area contributed by atoms with Crippen LogP contribution in [0.4, 0.5) is 5.69 Å². The van der Waals surface area contributed by atoms with Crippen molar-refractivity contribution in [3.05, 3.63) is 58.0 Å². The van der Waals surface area contributed by atoms with Gasteiger partial charge in [-0.25, -0.2) is 4.79 Å². The largest absolute Gasteiger partial charge is 0.485 e. The van der Waals surface area contributed by atoms with Crippen LogP contribution in [-0.4, -0.2) is 18.0 Å². The third-order valence-electron chi connectivity index (χ3n) is 2.46. The Bertz CT molecular complexity index is 633. The molecule has 0 N–H and O–H groups in total. The smallest absolute Gasteiger partial charge is 0.373 e. The first-order chi connectivity index (χ1) is 9.60. The fraction of sp³-hybridized carbons (Fsp3) is 0.154. The number of carbonyl (C=O) groups is 1. The summed E-state index contributed by atoms with van der Waals surface area (Å²) in [7, 11) is 1.25. The summed E-state index contributed by atoms with van der Waals surface area (Å²) in [6.45, 7) is 0.0537. The van der Waals surface area contributed by atoms with Gasteiger partial charge in [-0.3, -0.25) is 10.1 Å². The van der Waals surface area contributed by atoms with Gasteiger partial charge in [0.1, 0.15) is 18.1 Å². The maximum absolute atomic E-state index is 11.2. The van der Waals surface area contributed by atoms with Crippen molar-refractivity contribution in [3.8, 4) is 5.75 Å². The molecule has 0 aliphatic carbocycles. The molecule has 0 spiro atoms. The van der Waals surface area contributed by atoms with Gasteiger partial charge in [0, 0.05) is 6.07 Å². The molecule has 1 aromatic carbocycles. The Hall–Kier alpha value is -2.83. The lowest BCUT2D eigenvalue weighted by molar-refractivity contribution is -0.384. The Balaban J connectivity index is 2.01. The van der Waals surface area contributed by atoms with Crippen molar-refractivity contribution in [1.82, 2.24) is 0 Å². The predicted octanol–water partition coefficient (Wildman–Crippen LogP) is 2.55. The molecule has 0 amide bonds. The molecule has 0 fully saturated rings. The number of esters is 1. The molecule has 0 saturated carbocycles. The molecule has 0 atom stereocenters. The van der Waals surface area contributed by atoms with Gasteiger partial charge in [-0.05, 0) is 18.2 Å². The molecule has 20 heavy (non-hydrogen) atoms. The molecule has 0 unspecified atom stereocenters. The van der Waals surface area contributed by atoms with Crippen molar-refractivity contribution in [2.75, 3.05) is 7.11 Å². The molecule has 7 heteroatoms. The van der Waals surface area contributed by atoms with Gasteiger partial charge < -0.3 is 13.9 Å². The maximum atomic E-state index is 11.2. The van der Waals surface area contributed by atoms with Crippen LogP contribution < -0.4 is 4.74 Å². The van der Waals surface area contributed by atoms with E-state index in [9.17, 15) is 14.9 Å². The first-order valence-electron chi connectivity index (χ1n) is 5.64. The third kappa shape index (κ3) is 3.14. The van der Waals surface area contributed by atoms with E-state index in [1.54, 1.807) is 12.1 Å². The van der Waals surface area contributed by atoms with E-state index in [0.717, 1.165) is 0 Å². The molecule has 2 rings (SSSR count). The van der Waals surface area contributed by atoms with Crippen molar-refractivity contribution in [2.24, 2.45) is 0 Å². The second-order valence-corrected chi connectivity index (χ2v) is 3.80. The van der Waals surface area contributed by atoms with Gasteiger partial charge in [-0.15, -0.1) is 0 Å². The molecular weight excluding hydrogens is 266 g/mol. The SMILES string of the molecule is COC(=O)c1ccc(COc2cccc([N+](=O)[O-])c2)o1. The topological polar surface area (TPSA) is 91.8 Å². The lowest BCUT2D eigenvalue weighted by atomic mass is 10.3. The minimum absolute atomic E-state index is 0.0537. The lowest BCUT2D eigenvalue weighted by Gasteiger charge is -2.03. The highest BCUT2D eigenvalue weighted by Crippen LogP contribution is 2.20. The summed E-state index contributed by atoms with van der Waals surface area (Å²) in [5.74, 6) is 0.254. The van der Waals surface area contributed by atoms with Crippen molar-refractivity contribution in [1.29, 1.82) is 0 Å². The first-order valence-corrected chi connectivity index (χ1v) is 5.64. The van der Waals surface area contributed by atoms with Crippen LogP contribution in [0.25, 0.3) is 0 Å². The van der Waals surface area contributed by atoms with Gasteiger partial charge in [0.05, 0.1) is 18.1 Å². The van der Waals surface area contributed by atoms with Crippen LogP contribution in [0, 0.1) is 10.1 Å². The summed E-state index contributed by atoms with van der Waals surface area (Å²) in [6.07, 6.45) is 0. The molecule has 0 saturated heterocycles. The number of methoxy groups -OCH3 is 1. The zero-order valence-corrected chi connectivity index (χ0v) is 10.6. The molecule has 104 valence electrons. The van der Waals surface area contributed by atoms with Crippen LogP contribution in [0.1, 0.15) is 16.3 Å². The Morgan fingerprint density at radius 3 is 2.85 bits per heavy atom. The number of rotatable bonds is 5. The fourth-order valence-corrected chi connectivity index (χ4v) is 1.51. The highest BCUT2D eigenvalue weighted by Gasteiger charge is 2.12. The first kappa shape index (κ1) is 13.6. The summed E-state index contributed by atoms with van der Waals surface area (Å²) in [5.41, 5.74) is -0.0582. The molecule has 1 heterocycles. The van der Waals surface area contributed by atoms with E-state index in [4.69, 9.17) is 9.15 Å². The highest BCUT2D eigenvalue weighted by molar-refractivity contribution is 5.86. The molecule has 0 radical (unpaired) electrons. The minimum Gasteiger partial charge on any atom is -0.485 e. The van der Waals surface area contributed by atoms with E-state index in [0.29, 0.717) is 11.5 Å². The molecule has 7 nitrogen and oxygen atoms in total. The summed E-state index contributed by atoms with van der Waals surface area (Å²) in [5, 5.41) is 10.6. The van der Waals surface area contributed by atoms with Crippen molar-refractivity contribution in [2.45, 2.75) is 6.61 Å². The second-order valence-electron chi connectivity index (χ2n) is 3.80. The van der Waals surface area contributed by atoms with E-state index in [1.807, 2.05) is 0 Å². The average molecular weight is 277 g/mol. The number of nitro benzene ring substituents is 1. The van der Waals surface area contributed by atoms with E-state index >= 15 is 0 Å². The average Bonchev–Trinajstić information content (AvgIpc) is 2.93. The zero-order chi connectivity index (χ0) is 14.5. The van der Waals surface area contributed by atoms with Crippen molar-refractivity contribution >= 4 is 11.7 Å². The van der Waals surface area contributed by atoms with E-state index in [1.165, 1.54) is 31.4 Å². The number of nitro groups is 1. The Morgan fingerprint density at radius 1 is 1.35 bits per heavy atom. The number of carbonyl (C=O) groups excluding carboxylic acids is 1. The predicted molar refractivity (Wildman–Crippen MR) is 67.5 cm³/mol. The summed E-state index contributed by atoms with van der Waals surface area (Å²) in [4.78, 5) is 21.3. The number of hydrogen-bond donors (Lipinski definition) is 0. The number of benzene rings is 1. The van der Waals surface area contributed by atoms with Crippen LogP contribution in [-0.2, 0) is 11.3 Å². The van der Waals surface area contributed by atoms with Crippen LogP contribution in [0.5, 0.6) is 5.75 Å². The standard InChI is InChI=1S/C13H11NO6/c1-18-13(15)12-6-5-11(20-12)8-19-10-4-2-3-9(7-10)14(16)17/h2-7H,8H2,1H3. The number of hydrogen-bond acceptors (Lipinski definition) is 6. The number of ether oxygens (including phenoxy) is 2. The van der Waals surface area contributed by atoms with Crippen molar-refractivity contribution in [3.63, 3.8) is 0 Å². The number of nitrogens with zero attached hydrogens (tertiary/aromatic N) is 1. The summed E-state index contributed by atoms with van der Waals surface area (Å²) >= 11 is 0. The number of non-ortho nitro benzene ring substituents is 1.